The number of anilines is 1. The molecule has 6 heteroatoms. The van der Waals surface area contributed by atoms with Gasteiger partial charge in [0.1, 0.15) is 12.1 Å². The third-order valence-corrected chi connectivity index (χ3v) is 6.05. The zero-order valence-electron chi connectivity index (χ0n) is 15.3. The number of rotatable bonds is 3. The molecule has 6 nitrogen and oxygen atoms in total. The highest BCUT2D eigenvalue weighted by atomic mass is 16.2. The number of carbonyl (C=O) groups is 2. The fourth-order valence-corrected chi connectivity index (χ4v) is 4.57. The minimum absolute atomic E-state index is 0.0945. The summed E-state index contributed by atoms with van der Waals surface area (Å²) in [6.07, 6.45) is 4.92. The first-order valence-electron chi connectivity index (χ1n) is 9.81. The molecule has 0 aromatic heterocycles. The van der Waals surface area contributed by atoms with Crippen LogP contribution in [-0.4, -0.2) is 66.5 Å². The van der Waals surface area contributed by atoms with Gasteiger partial charge < -0.3 is 20.0 Å². The Morgan fingerprint density at radius 2 is 1.73 bits per heavy atom. The summed E-state index contributed by atoms with van der Waals surface area (Å²) >= 11 is 0. The molecule has 1 aromatic carbocycles. The van der Waals surface area contributed by atoms with E-state index in [9.17, 15) is 9.59 Å². The maximum atomic E-state index is 13.4. The van der Waals surface area contributed by atoms with Crippen LogP contribution < -0.4 is 10.2 Å². The number of likely N-dealkylation sites (tertiary alicyclic amines) is 1. The molecule has 0 unspecified atom stereocenters. The molecule has 3 aliphatic heterocycles. The van der Waals surface area contributed by atoms with Crippen molar-refractivity contribution in [3.8, 4) is 0 Å². The molecule has 0 bridgehead atoms. The van der Waals surface area contributed by atoms with Gasteiger partial charge in [-0.15, -0.1) is 0 Å². The van der Waals surface area contributed by atoms with Gasteiger partial charge in [0, 0.05) is 18.8 Å². The number of benzene rings is 1. The molecule has 3 heterocycles. The Kier molecular flexibility index (Phi) is 4.85. The van der Waals surface area contributed by atoms with Crippen molar-refractivity contribution in [3.05, 3.63) is 30.3 Å². The molecular weight excluding hydrogens is 328 g/mol. The molecule has 3 aliphatic rings. The van der Waals surface area contributed by atoms with Crippen molar-refractivity contribution in [3.63, 3.8) is 0 Å². The second kappa shape index (κ2) is 7.27. The minimum atomic E-state index is -0.505. The fraction of sp³-hybridized carbons (Fsp3) is 0.600. The van der Waals surface area contributed by atoms with Crippen molar-refractivity contribution < 1.29 is 9.59 Å². The lowest BCUT2D eigenvalue weighted by atomic mass is 9.86. The number of piperidine rings is 2. The Morgan fingerprint density at radius 1 is 1.04 bits per heavy atom. The van der Waals surface area contributed by atoms with E-state index in [1.165, 1.54) is 6.42 Å². The van der Waals surface area contributed by atoms with Crippen LogP contribution in [0.15, 0.2) is 30.3 Å². The van der Waals surface area contributed by atoms with Crippen LogP contribution in [0.5, 0.6) is 0 Å². The summed E-state index contributed by atoms with van der Waals surface area (Å²) in [5, 5.41) is 3.36. The number of hydrogen-bond acceptors (Lipinski definition) is 4. The van der Waals surface area contributed by atoms with Gasteiger partial charge in [0.15, 0.2) is 0 Å². The standard InChI is InChI=1S/C20H28N4O2/c25-18(22-13-5-2-6-14-22)15-23-16-24(17-7-3-1-4-8-17)20(19(23)26)9-11-21-12-10-20/h1,3-4,7-8,21H,2,5-6,9-16H2. The molecule has 1 spiro atoms. The van der Waals surface area contributed by atoms with Crippen molar-refractivity contribution in [2.24, 2.45) is 0 Å². The third-order valence-electron chi connectivity index (χ3n) is 6.05. The zero-order chi connectivity index (χ0) is 18.0. The summed E-state index contributed by atoms with van der Waals surface area (Å²) in [6.45, 7) is 4.04. The highest BCUT2D eigenvalue weighted by Crippen LogP contribution is 2.38. The molecule has 1 aromatic rings. The molecule has 26 heavy (non-hydrogen) atoms. The molecule has 2 amide bonds. The Morgan fingerprint density at radius 3 is 2.42 bits per heavy atom. The van der Waals surface area contributed by atoms with Crippen LogP contribution in [0.3, 0.4) is 0 Å². The second-order valence-electron chi connectivity index (χ2n) is 7.63. The Balaban J connectivity index is 1.55. The van der Waals surface area contributed by atoms with E-state index in [4.69, 9.17) is 0 Å². The largest absolute Gasteiger partial charge is 0.341 e. The fourth-order valence-electron chi connectivity index (χ4n) is 4.57. The Labute approximate surface area is 155 Å². The van der Waals surface area contributed by atoms with E-state index in [2.05, 4.69) is 22.3 Å². The summed E-state index contributed by atoms with van der Waals surface area (Å²) in [7, 11) is 0. The van der Waals surface area contributed by atoms with E-state index in [1.807, 2.05) is 23.1 Å². The normalized spacial score (nSPS) is 22.9. The molecular formula is C20H28N4O2. The Bertz CT molecular complexity index is 651. The average Bonchev–Trinajstić information content (AvgIpc) is 2.96. The van der Waals surface area contributed by atoms with E-state index in [0.29, 0.717) is 6.67 Å². The van der Waals surface area contributed by atoms with Crippen LogP contribution in [0.4, 0.5) is 5.69 Å². The molecule has 1 N–H and O–H groups in total. The van der Waals surface area contributed by atoms with Gasteiger partial charge in [0.25, 0.3) is 0 Å². The monoisotopic (exact) mass is 356 g/mol. The van der Waals surface area contributed by atoms with E-state index in [-0.39, 0.29) is 18.4 Å². The average molecular weight is 356 g/mol. The predicted molar refractivity (Wildman–Crippen MR) is 101 cm³/mol. The van der Waals surface area contributed by atoms with Crippen LogP contribution in [0.2, 0.25) is 0 Å². The molecule has 3 saturated heterocycles. The molecule has 140 valence electrons. The van der Waals surface area contributed by atoms with Crippen LogP contribution in [0.1, 0.15) is 32.1 Å². The number of nitrogens with zero attached hydrogens (tertiary/aromatic N) is 3. The summed E-state index contributed by atoms with van der Waals surface area (Å²) < 4.78 is 0. The summed E-state index contributed by atoms with van der Waals surface area (Å²) in [4.78, 5) is 32.0. The highest BCUT2D eigenvalue weighted by molar-refractivity contribution is 5.96. The Hall–Kier alpha value is -2.08. The highest BCUT2D eigenvalue weighted by Gasteiger charge is 2.53. The maximum Gasteiger partial charge on any atom is 0.250 e. The lowest BCUT2D eigenvalue weighted by Crippen LogP contribution is -2.56. The summed E-state index contributed by atoms with van der Waals surface area (Å²) in [6, 6.07) is 10.1. The minimum Gasteiger partial charge on any atom is -0.341 e. The van der Waals surface area contributed by atoms with Gasteiger partial charge in [-0.2, -0.15) is 0 Å². The van der Waals surface area contributed by atoms with Crippen molar-refractivity contribution in [1.29, 1.82) is 0 Å². The topological polar surface area (TPSA) is 55.9 Å². The summed E-state index contributed by atoms with van der Waals surface area (Å²) in [5.74, 6) is 0.213. The van der Waals surface area contributed by atoms with Crippen LogP contribution >= 0.6 is 0 Å². The van der Waals surface area contributed by atoms with Gasteiger partial charge in [-0.25, -0.2) is 0 Å². The first-order valence-corrected chi connectivity index (χ1v) is 9.81. The van der Waals surface area contributed by atoms with Gasteiger partial charge in [-0.3, -0.25) is 9.59 Å². The first-order chi connectivity index (χ1) is 12.7. The number of nitrogens with one attached hydrogen (secondary N) is 1. The molecule has 0 radical (unpaired) electrons. The lowest BCUT2D eigenvalue weighted by Gasteiger charge is -2.40. The second-order valence-corrected chi connectivity index (χ2v) is 7.63. The van der Waals surface area contributed by atoms with Gasteiger partial charge in [-0.05, 0) is 57.3 Å². The number of carbonyl (C=O) groups excluding carboxylic acids is 2. The number of amides is 2. The summed E-state index contributed by atoms with van der Waals surface area (Å²) in [5.41, 5.74) is 0.560. The number of hydrogen-bond donors (Lipinski definition) is 1. The predicted octanol–water partition coefficient (Wildman–Crippen LogP) is 1.43. The van der Waals surface area contributed by atoms with E-state index < -0.39 is 5.54 Å². The number of para-hydroxylation sites is 1. The van der Waals surface area contributed by atoms with Crippen molar-refractivity contribution in [2.75, 3.05) is 44.3 Å². The molecule has 0 saturated carbocycles. The van der Waals surface area contributed by atoms with Crippen LogP contribution in [-0.2, 0) is 9.59 Å². The quantitative estimate of drug-likeness (QED) is 0.890. The van der Waals surface area contributed by atoms with E-state index >= 15 is 0 Å². The van der Waals surface area contributed by atoms with Gasteiger partial charge >= 0.3 is 0 Å². The van der Waals surface area contributed by atoms with Crippen molar-refractivity contribution in [1.82, 2.24) is 15.1 Å². The zero-order valence-corrected chi connectivity index (χ0v) is 15.3. The van der Waals surface area contributed by atoms with Crippen molar-refractivity contribution >= 4 is 17.5 Å². The van der Waals surface area contributed by atoms with E-state index in [0.717, 1.165) is 57.5 Å². The van der Waals surface area contributed by atoms with E-state index in [1.54, 1.807) is 4.90 Å². The SMILES string of the molecule is O=C(CN1CN(c2ccccc2)C2(CCNCC2)C1=O)N1CCCCC1. The smallest absolute Gasteiger partial charge is 0.250 e. The van der Waals surface area contributed by atoms with Crippen LogP contribution in [0, 0.1) is 0 Å². The van der Waals surface area contributed by atoms with Crippen LogP contribution in [0.25, 0.3) is 0 Å². The molecule has 3 fully saturated rings. The van der Waals surface area contributed by atoms with Crippen molar-refractivity contribution in [2.45, 2.75) is 37.6 Å². The first kappa shape index (κ1) is 17.3. The lowest BCUT2D eigenvalue weighted by molar-refractivity contribution is -0.141. The molecule has 0 atom stereocenters. The van der Waals surface area contributed by atoms with Gasteiger partial charge in [0.2, 0.25) is 11.8 Å². The van der Waals surface area contributed by atoms with Gasteiger partial charge in [-0.1, -0.05) is 18.2 Å². The third kappa shape index (κ3) is 3.07. The molecule has 4 rings (SSSR count). The maximum absolute atomic E-state index is 13.4. The van der Waals surface area contributed by atoms with Gasteiger partial charge in [0.05, 0.1) is 6.67 Å². The molecule has 0 aliphatic carbocycles.